The predicted molar refractivity (Wildman–Crippen MR) is 81.2 cm³/mol. The molecule has 2 atom stereocenters. The number of pyridine rings is 1. The highest BCUT2D eigenvalue weighted by Gasteiger charge is 2.22. The van der Waals surface area contributed by atoms with Crippen molar-refractivity contribution in [3.8, 4) is 0 Å². The van der Waals surface area contributed by atoms with E-state index in [0.29, 0.717) is 18.6 Å². The average molecular weight is 285 g/mol. The van der Waals surface area contributed by atoms with Crippen LogP contribution in [0.15, 0.2) is 48.7 Å². The summed E-state index contributed by atoms with van der Waals surface area (Å²) in [5, 5.41) is 7.10. The van der Waals surface area contributed by atoms with Crippen LogP contribution in [-0.4, -0.2) is 17.6 Å². The quantitative estimate of drug-likeness (QED) is 0.907. The maximum absolute atomic E-state index is 12.8. The maximum Gasteiger partial charge on any atom is 0.141 e. The van der Waals surface area contributed by atoms with E-state index in [0.717, 1.165) is 25.1 Å². The second kappa shape index (κ2) is 6.78. The van der Waals surface area contributed by atoms with Crippen molar-refractivity contribution in [3.63, 3.8) is 0 Å². The summed E-state index contributed by atoms with van der Waals surface area (Å²) in [7, 11) is 0. The SMILES string of the molecule is Fc1ccc(CN[C@@H]2CCN[C@H](c3ccccc3)C2)nc1. The van der Waals surface area contributed by atoms with Gasteiger partial charge in [-0.1, -0.05) is 30.3 Å². The lowest BCUT2D eigenvalue weighted by Gasteiger charge is -2.31. The van der Waals surface area contributed by atoms with Crippen molar-refractivity contribution >= 4 is 0 Å². The summed E-state index contributed by atoms with van der Waals surface area (Å²) in [6, 6.07) is 14.6. The molecule has 4 heteroatoms. The van der Waals surface area contributed by atoms with Gasteiger partial charge in [0.1, 0.15) is 5.82 Å². The topological polar surface area (TPSA) is 37.0 Å². The molecule has 0 bridgehead atoms. The minimum Gasteiger partial charge on any atom is -0.310 e. The molecule has 0 radical (unpaired) electrons. The number of benzene rings is 1. The largest absolute Gasteiger partial charge is 0.310 e. The van der Waals surface area contributed by atoms with Crippen LogP contribution in [0.1, 0.15) is 30.1 Å². The van der Waals surface area contributed by atoms with Crippen molar-refractivity contribution in [2.75, 3.05) is 6.54 Å². The molecule has 1 aromatic carbocycles. The molecule has 1 aliphatic rings. The first-order valence-corrected chi connectivity index (χ1v) is 7.43. The molecular weight excluding hydrogens is 265 g/mol. The third-order valence-corrected chi connectivity index (χ3v) is 3.97. The van der Waals surface area contributed by atoms with Crippen molar-refractivity contribution in [3.05, 3.63) is 65.7 Å². The van der Waals surface area contributed by atoms with E-state index in [1.807, 2.05) is 6.07 Å². The molecule has 1 fully saturated rings. The molecule has 1 saturated heterocycles. The molecule has 0 saturated carbocycles. The summed E-state index contributed by atoms with van der Waals surface area (Å²) in [6.07, 6.45) is 3.43. The van der Waals surface area contributed by atoms with E-state index in [2.05, 4.69) is 39.9 Å². The summed E-state index contributed by atoms with van der Waals surface area (Å²) < 4.78 is 12.8. The third-order valence-electron chi connectivity index (χ3n) is 3.97. The molecule has 0 amide bonds. The van der Waals surface area contributed by atoms with Crippen LogP contribution in [0.5, 0.6) is 0 Å². The Morgan fingerprint density at radius 1 is 1.19 bits per heavy atom. The Morgan fingerprint density at radius 3 is 2.81 bits per heavy atom. The second-order valence-electron chi connectivity index (χ2n) is 5.49. The van der Waals surface area contributed by atoms with Gasteiger partial charge in [0.25, 0.3) is 0 Å². The molecule has 3 rings (SSSR count). The van der Waals surface area contributed by atoms with Crippen molar-refractivity contribution in [2.24, 2.45) is 0 Å². The molecule has 2 N–H and O–H groups in total. The van der Waals surface area contributed by atoms with Crippen LogP contribution in [0.25, 0.3) is 0 Å². The van der Waals surface area contributed by atoms with Crippen molar-refractivity contribution in [1.29, 1.82) is 0 Å². The molecule has 2 heterocycles. The predicted octanol–water partition coefficient (Wildman–Crippen LogP) is 2.80. The molecule has 110 valence electrons. The highest BCUT2D eigenvalue weighted by Crippen LogP contribution is 2.23. The van der Waals surface area contributed by atoms with Crippen LogP contribution >= 0.6 is 0 Å². The van der Waals surface area contributed by atoms with Gasteiger partial charge in [-0.15, -0.1) is 0 Å². The van der Waals surface area contributed by atoms with E-state index in [4.69, 9.17) is 0 Å². The minimum absolute atomic E-state index is 0.287. The van der Waals surface area contributed by atoms with E-state index in [1.54, 1.807) is 6.07 Å². The standard InChI is InChI=1S/C17H20FN3/c18-14-6-7-16(20-11-14)12-21-15-8-9-19-17(10-15)13-4-2-1-3-5-13/h1-7,11,15,17,19,21H,8-10,12H2/t15-,17+/m1/s1. The van der Waals surface area contributed by atoms with Gasteiger partial charge in [-0.3, -0.25) is 4.98 Å². The highest BCUT2D eigenvalue weighted by atomic mass is 19.1. The van der Waals surface area contributed by atoms with Gasteiger partial charge in [0.15, 0.2) is 0 Å². The normalized spacial score (nSPS) is 22.1. The van der Waals surface area contributed by atoms with Crippen LogP contribution in [0, 0.1) is 5.82 Å². The Bertz CT molecular complexity index is 556. The average Bonchev–Trinajstić information content (AvgIpc) is 2.55. The maximum atomic E-state index is 12.8. The van der Waals surface area contributed by atoms with Crippen LogP contribution in [-0.2, 0) is 6.54 Å². The van der Waals surface area contributed by atoms with E-state index < -0.39 is 0 Å². The van der Waals surface area contributed by atoms with Gasteiger partial charge in [-0.25, -0.2) is 4.39 Å². The molecular formula is C17H20FN3. The Kier molecular flexibility index (Phi) is 4.58. The first kappa shape index (κ1) is 14.2. The Balaban J connectivity index is 1.55. The lowest BCUT2D eigenvalue weighted by molar-refractivity contribution is 0.321. The number of hydrogen-bond donors (Lipinski definition) is 2. The van der Waals surface area contributed by atoms with Gasteiger partial charge >= 0.3 is 0 Å². The van der Waals surface area contributed by atoms with Crippen LogP contribution in [0.3, 0.4) is 0 Å². The van der Waals surface area contributed by atoms with Gasteiger partial charge in [-0.2, -0.15) is 0 Å². The first-order valence-electron chi connectivity index (χ1n) is 7.43. The molecule has 0 unspecified atom stereocenters. The van der Waals surface area contributed by atoms with E-state index in [1.165, 1.54) is 17.8 Å². The van der Waals surface area contributed by atoms with Crippen LogP contribution in [0.4, 0.5) is 4.39 Å². The zero-order valence-corrected chi connectivity index (χ0v) is 11.9. The zero-order chi connectivity index (χ0) is 14.5. The molecule has 1 aliphatic heterocycles. The molecule has 21 heavy (non-hydrogen) atoms. The Labute approximate surface area is 124 Å². The van der Waals surface area contributed by atoms with Crippen molar-refractivity contribution in [2.45, 2.75) is 31.5 Å². The number of rotatable bonds is 4. The number of hydrogen-bond acceptors (Lipinski definition) is 3. The molecule has 3 nitrogen and oxygen atoms in total. The van der Waals surface area contributed by atoms with Gasteiger partial charge in [0.05, 0.1) is 11.9 Å². The Hall–Kier alpha value is -1.78. The number of piperidine rings is 1. The fourth-order valence-corrected chi connectivity index (χ4v) is 2.80. The first-order chi connectivity index (χ1) is 10.3. The fraction of sp³-hybridized carbons (Fsp3) is 0.353. The molecule has 1 aromatic heterocycles. The lowest BCUT2D eigenvalue weighted by atomic mass is 9.94. The van der Waals surface area contributed by atoms with E-state index >= 15 is 0 Å². The summed E-state index contributed by atoms with van der Waals surface area (Å²) in [5.41, 5.74) is 2.22. The van der Waals surface area contributed by atoms with Crippen molar-refractivity contribution in [1.82, 2.24) is 15.6 Å². The van der Waals surface area contributed by atoms with Gasteiger partial charge < -0.3 is 10.6 Å². The number of nitrogens with one attached hydrogen (secondary N) is 2. The van der Waals surface area contributed by atoms with Crippen LogP contribution < -0.4 is 10.6 Å². The van der Waals surface area contributed by atoms with E-state index in [9.17, 15) is 4.39 Å². The number of halogens is 1. The third kappa shape index (κ3) is 3.86. The monoisotopic (exact) mass is 285 g/mol. The summed E-state index contributed by atoms with van der Waals surface area (Å²) in [6.45, 7) is 1.69. The minimum atomic E-state index is -0.287. The summed E-state index contributed by atoms with van der Waals surface area (Å²) >= 11 is 0. The van der Waals surface area contributed by atoms with Gasteiger partial charge in [0.2, 0.25) is 0 Å². The Morgan fingerprint density at radius 2 is 2.05 bits per heavy atom. The van der Waals surface area contributed by atoms with E-state index in [-0.39, 0.29) is 5.82 Å². The fourth-order valence-electron chi connectivity index (χ4n) is 2.80. The lowest BCUT2D eigenvalue weighted by Crippen LogP contribution is -2.41. The number of nitrogens with zero attached hydrogens (tertiary/aromatic N) is 1. The smallest absolute Gasteiger partial charge is 0.141 e. The van der Waals surface area contributed by atoms with Gasteiger partial charge in [0, 0.05) is 18.6 Å². The molecule has 2 aromatic rings. The summed E-state index contributed by atoms with van der Waals surface area (Å²) in [4.78, 5) is 4.09. The zero-order valence-electron chi connectivity index (χ0n) is 11.9. The second-order valence-corrected chi connectivity index (χ2v) is 5.49. The number of aromatic nitrogens is 1. The molecule has 0 spiro atoms. The van der Waals surface area contributed by atoms with Crippen LogP contribution in [0.2, 0.25) is 0 Å². The summed E-state index contributed by atoms with van der Waals surface area (Å²) in [5.74, 6) is -0.287. The van der Waals surface area contributed by atoms with Gasteiger partial charge in [-0.05, 0) is 37.1 Å². The molecule has 0 aliphatic carbocycles. The highest BCUT2D eigenvalue weighted by molar-refractivity contribution is 5.19. The van der Waals surface area contributed by atoms with Crippen molar-refractivity contribution < 1.29 is 4.39 Å².